The summed E-state index contributed by atoms with van der Waals surface area (Å²) < 4.78 is 6.01. The average Bonchev–Trinajstić information content (AvgIpc) is 2.76. The molecule has 0 bridgehead atoms. The van der Waals surface area contributed by atoms with Gasteiger partial charge in [0.1, 0.15) is 6.10 Å². The monoisotopic (exact) mass is 418 g/mol. The van der Waals surface area contributed by atoms with Gasteiger partial charge in [0.2, 0.25) is 0 Å². The van der Waals surface area contributed by atoms with Gasteiger partial charge in [-0.25, -0.2) is 0 Å². The quantitative estimate of drug-likeness (QED) is 0.278. The lowest BCUT2D eigenvalue weighted by Gasteiger charge is -2.41. The van der Waals surface area contributed by atoms with E-state index in [9.17, 15) is 4.79 Å². The van der Waals surface area contributed by atoms with Gasteiger partial charge in [-0.1, -0.05) is 65.7 Å². The summed E-state index contributed by atoms with van der Waals surface area (Å²) in [6.45, 7) is 7.12. The molecule has 3 rings (SSSR count). The largest absolute Gasteiger partial charge is 0.462 e. The number of hydrogen-bond donors (Lipinski definition) is 0. The van der Waals surface area contributed by atoms with Crippen molar-refractivity contribution in [2.24, 2.45) is 35.5 Å². The Labute approximate surface area is 187 Å². The first kappa shape index (κ1) is 24.1. The number of carbonyl (C=O) groups is 1. The summed E-state index contributed by atoms with van der Waals surface area (Å²) in [6, 6.07) is 0. The number of unbranched alkanes of at least 4 members (excludes halogenated alkanes) is 2. The Hall–Kier alpha value is -0.530. The molecule has 30 heavy (non-hydrogen) atoms. The van der Waals surface area contributed by atoms with Crippen molar-refractivity contribution in [3.63, 3.8) is 0 Å². The molecule has 0 radical (unpaired) electrons. The van der Waals surface area contributed by atoms with Crippen LogP contribution in [0.2, 0.25) is 0 Å². The lowest BCUT2D eigenvalue weighted by atomic mass is 9.64. The highest BCUT2D eigenvalue weighted by Crippen LogP contribution is 2.45. The molecule has 2 nitrogen and oxygen atoms in total. The predicted octanol–water partition coefficient (Wildman–Crippen LogP) is 8.33. The summed E-state index contributed by atoms with van der Waals surface area (Å²) in [7, 11) is 0. The molecule has 0 spiro atoms. The molecule has 0 aromatic rings. The number of carbonyl (C=O) groups excluding carboxylic acids is 1. The van der Waals surface area contributed by atoms with Crippen LogP contribution in [0.25, 0.3) is 0 Å². The maximum atomic E-state index is 12.8. The molecule has 3 aliphatic rings. The third kappa shape index (κ3) is 6.99. The Morgan fingerprint density at radius 3 is 2.10 bits per heavy atom. The van der Waals surface area contributed by atoms with Crippen LogP contribution in [0.15, 0.2) is 0 Å². The van der Waals surface area contributed by atoms with E-state index in [1.54, 1.807) is 0 Å². The fraction of sp³-hybridized carbons (Fsp3) is 0.964. The van der Waals surface area contributed by atoms with Crippen LogP contribution in [0.3, 0.4) is 0 Å². The van der Waals surface area contributed by atoms with Crippen molar-refractivity contribution in [2.75, 3.05) is 0 Å². The Morgan fingerprint density at radius 2 is 1.47 bits per heavy atom. The van der Waals surface area contributed by atoms with Crippen molar-refractivity contribution in [2.45, 2.75) is 136 Å². The highest BCUT2D eigenvalue weighted by Gasteiger charge is 2.37. The zero-order chi connectivity index (χ0) is 21.3. The third-order valence-electron chi connectivity index (χ3n) is 9.04. The summed E-state index contributed by atoms with van der Waals surface area (Å²) in [4.78, 5) is 12.8. The SMILES string of the molecule is CCCCCC1CCC(OC(=O)C2CCC(C3CCC(CCC)CC3C)CC2)CC1. The van der Waals surface area contributed by atoms with Crippen molar-refractivity contribution in [3.05, 3.63) is 0 Å². The lowest BCUT2D eigenvalue weighted by molar-refractivity contribution is -0.157. The van der Waals surface area contributed by atoms with Gasteiger partial charge >= 0.3 is 5.97 Å². The van der Waals surface area contributed by atoms with Crippen LogP contribution < -0.4 is 0 Å². The fourth-order valence-electron chi connectivity index (χ4n) is 7.17. The second-order valence-corrected chi connectivity index (χ2v) is 11.3. The molecule has 0 amide bonds. The lowest BCUT2D eigenvalue weighted by Crippen LogP contribution is -2.34. The standard InChI is InChI=1S/C28H50O2/c1-4-6-7-9-22-10-17-26(18-11-22)30-28(29)25-15-13-24(14-16-25)27-19-12-23(8-5-2)20-21(27)3/h21-27H,4-20H2,1-3H3. The average molecular weight is 419 g/mol. The highest BCUT2D eigenvalue weighted by molar-refractivity contribution is 5.72. The topological polar surface area (TPSA) is 26.3 Å². The number of hydrogen-bond acceptors (Lipinski definition) is 2. The van der Waals surface area contributed by atoms with E-state index in [2.05, 4.69) is 20.8 Å². The van der Waals surface area contributed by atoms with Gasteiger partial charge in [0.15, 0.2) is 0 Å². The molecule has 3 aliphatic carbocycles. The van der Waals surface area contributed by atoms with Crippen molar-refractivity contribution in [3.8, 4) is 0 Å². The second kappa shape index (κ2) is 12.5. The van der Waals surface area contributed by atoms with Gasteiger partial charge in [-0.05, 0) is 93.8 Å². The van der Waals surface area contributed by atoms with Crippen LogP contribution in [0.4, 0.5) is 0 Å². The second-order valence-electron chi connectivity index (χ2n) is 11.3. The van der Waals surface area contributed by atoms with Gasteiger partial charge in [-0.2, -0.15) is 0 Å². The smallest absolute Gasteiger partial charge is 0.309 e. The summed E-state index contributed by atoms with van der Waals surface area (Å²) in [5.41, 5.74) is 0. The van der Waals surface area contributed by atoms with Crippen LogP contribution in [-0.2, 0) is 9.53 Å². The molecular formula is C28H50O2. The van der Waals surface area contributed by atoms with Gasteiger partial charge in [-0.3, -0.25) is 4.79 Å². The molecule has 3 fully saturated rings. The van der Waals surface area contributed by atoms with E-state index in [0.29, 0.717) is 0 Å². The van der Waals surface area contributed by atoms with Crippen molar-refractivity contribution >= 4 is 5.97 Å². The van der Waals surface area contributed by atoms with E-state index in [1.807, 2.05) is 0 Å². The molecule has 3 saturated carbocycles. The van der Waals surface area contributed by atoms with Crippen molar-refractivity contribution in [1.82, 2.24) is 0 Å². The Kier molecular flexibility index (Phi) is 10.0. The first-order valence-electron chi connectivity index (χ1n) is 13.8. The normalized spacial score (nSPS) is 37.6. The number of esters is 1. The van der Waals surface area contributed by atoms with Crippen LogP contribution in [0, 0.1) is 35.5 Å². The minimum atomic E-state index is 0.141. The molecule has 0 N–H and O–H groups in total. The molecule has 0 aliphatic heterocycles. The maximum Gasteiger partial charge on any atom is 0.309 e. The fourth-order valence-corrected chi connectivity index (χ4v) is 7.17. The minimum absolute atomic E-state index is 0.141. The Bertz CT molecular complexity index is 485. The third-order valence-corrected chi connectivity index (χ3v) is 9.04. The van der Waals surface area contributed by atoms with Crippen LogP contribution >= 0.6 is 0 Å². The van der Waals surface area contributed by atoms with Gasteiger partial charge in [0.05, 0.1) is 5.92 Å². The van der Waals surface area contributed by atoms with E-state index in [-0.39, 0.29) is 18.0 Å². The first-order valence-corrected chi connectivity index (χ1v) is 13.8. The van der Waals surface area contributed by atoms with Gasteiger partial charge in [-0.15, -0.1) is 0 Å². The van der Waals surface area contributed by atoms with Gasteiger partial charge < -0.3 is 4.74 Å². The van der Waals surface area contributed by atoms with Crippen LogP contribution in [-0.4, -0.2) is 12.1 Å². The highest BCUT2D eigenvalue weighted by atomic mass is 16.5. The minimum Gasteiger partial charge on any atom is -0.462 e. The van der Waals surface area contributed by atoms with Crippen LogP contribution in [0.1, 0.15) is 130 Å². The van der Waals surface area contributed by atoms with Crippen molar-refractivity contribution in [1.29, 1.82) is 0 Å². The molecule has 0 saturated heterocycles. The summed E-state index contributed by atoms with van der Waals surface area (Å²) in [6.07, 6.45) is 22.2. The zero-order valence-corrected chi connectivity index (χ0v) is 20.4. The van der Waals surface area contributed by atoms with E-state index in [4.69, 9.17) is 4.74 Å². The predicted molar refractivity (Wildman–Crippen MR) is 126 cm³/mol. The number of ether oxygens (including phenoxy) is 1. The Morgan fingerprint density at radius 1 is 0.767 bits per heavy atom. The Balaban J connectivity index is 1.34. The van der Waals surface area contributed by atoms with Crippen molar-refractivity contribution < 1.29 is 9.53 Å². The molecule has 0 aromatic carbocycles. The van der Waals surface area contributed by atoms with E-state index >= 15 is 0 Å². The van der Waals surface area contributed by atoms with E-state index in [1.165, 1.54) is 83.5 Å². The maximum absolute atomic E-state index is 12.8. The summed E-state index contributed by atoms with van der Waals surface area (Å²) in [5, 5.41) is 0. The molecule has 2 heteroatoms. The van der Waals surface area contributed by atoms with Gasteiger partial charge in [0, 0.05) is 0 Å². The molecule has 3 unspecified atom stereocenters. The molecule has 0 heterocycles. The molecule has 174 valence electrons. The molecule has 0 aromatic heterocycles. The first-order chi connectivity index (χ1) is 14.6. The molecule has 3 atom stereocenters. The van der Waals surface area contributed by atoms with E-state index < -0.39 is 0 Å². The van der Waals surface area contributed by atoms with Gasteiger partial charge in [0.25, 0.3) is 0 Å². The number of rotatable bonds is 9. The zero-order valence-electron chi connectivity index (χ0n) is 20.4. The van der Waals surface area contributed by atoms with E-state index in [0.717, 1.165) is 55.3 Å². The summed E-state index contributed by atoms with van der Waals surface area (Å²) in [5.74, 6) is 4.86. The molecular weight excluding hydrogens is 368 g/mol. The summed E-state index contributed by atoms with van der Waals surface area (Å²) >= 11 is 0. The van der Waals surface area contributed by atoms with Crippen LogP contribution in [0.5, 0.6) is 0 Å².